The number of carbonyl (C=O) groups is 2. The Kier molecular flexibility index (Phi) is 8.62. The van der Waals surface area contributed by atoms with Gasteiger partial charge in [0.15, 0.2) is 0 Å². The zero-order chi connectivity index (χ0) is 19.7. The van der Waals surface area contributed by atoms with Gasteiger partial charge in [-0.25, -0.2) is 0 Å². The van der Waals surface area contributed by atoms with Crippen molar-refractivity contribution in [3.63, 3.8) is 0 Å². The van der Waals surface area contributed by atoms with Crippen LogP contribution in [0.5, 0.6) is 0 Å². The summed E-state index contributed by atoms with van der Waals surface area (Å²) < 4.78 is 0. The van der Waals surface area contributed by atoms with E-state index in [4.69, 9.17) is 5.26 Å². The number of nitrogens with zero attached hydrogens (tertiary/aromatic N) is 2. The van der Waals surface area contributed by atoms with Crippen LogP contribution in [0.2, 0.25) is 0 Å². The first-order valence-corrected chi connectivity index (χ1v) is 9.40. The van der Waals surface area contributed by atoms with Crippen molar-refractivity contribution in [2.75, 3.05) is 25.5 Å². The Hall–Kier alpha value is -2.04. The summed E-state index contributed by atoms with van der Waals surface area (Å²) in [7, 11) is 1.73. The highest BCUT2D eigenvalue weighted by molar-refractivity contribution is 8.00. The first kappa shape index (κ1) is 22.0. The van der Waals surface area contributed by atoms with Gasteiger partial charge in [-0.1, -0.05) is 19.1 Å². The van der Waals surface area contributed by atoms with Gasteiger partial charge in [0.05, 0.1) is 24.8 Å². The van der Waals surface area contributed by atoms with E-state index in [1.54, 1.807) is 23.7 Å². The number of para-hydroxylation sites is 1. The molecular formula is C19H28N4O2S. The summed E-state index contributed by atoms with van der Waals surface area (Å²) in [5, 5.41) is 14.7. The lowest BCUT2D eigenvalue weighted by Gasteiger charge is -2.23. The standard InChI is InChI=1S/C19H28N4O2S/c1-14(10-11-20)26-16-9-7-6-8-15(16)21-17(24)12-23(5)13-18(25)22-19(2,3)4/h6-9,14H,10,12-13H2,1-5H3,(H,21,24)(H,22,25)/t14-/m0/s1. The van der Waals surface area contributed by atoms with Gasteiger partial charge in [0.2, 0.25) is 11.8 Å². The molecule has 0 fully saturated rings. The third kappa shape index (κ3) is 8.88. The Balaban J connectivity index is 2.60. The third-order valence-corrected chi connectivity index (χ3v) is 4.39. The smallest absolute Gasteiger partial charge is 0.238 e. The lowest BCUT2D eigenvalue weighted by atomic mass is 10.1. The second kappa shape index (κ2) is 10.2. The van der Waals surface area contributed by atoms with Crippen LogP contribution in [0.3, 0.4) is 0 Å². The molecule has 0 aliphatic heterocycles. The summed E-state index contributed by atoms with van der Waals surface area (Å²) in [6.45, 7) is 8.00. The van der Waals surface area contributed by atoms with Crippen LogP contribution >= 0.6 is 11.8 Å². The summed E-state index contributed by atoms with van der Waals surface area (Å²) >= 11 is 1.56. The normalized spacial score (nSPS) is 12.3. The molecule has 1 atom stereocenters. The molecule has 0 aliphatic carbocycles. The Morgan fingerprint density at radius 3 is 2.46 bits per heavy atom. The fourth-order valence-corrected chi connectivity index (χ4v) is 3.25. The monoisotopic (exact) mass is 376 g/mol. The van der Waals surface area contributed by atoms with Gasteiger partial charge in [-0.05, 0) is 40.0 Å². The minimum Gasteiger partial charge on any atom is -0.350 e. The number of amides is 2. The Labute approximate surface area is 160 Å². The number of rotatable bonds is 8. The molecule has 7 heteroatoms. The summed E-state index contributed by atoms with van der Waals surface area (Å²) in [5.74, 6) is -0.300. The number of anilines is 1. The second-order valence-corrected chi connectivity index (χ2v) is 8.79. The van der Waals surface area contributed by atoms with Crippen LogP contribution in [0.4, 0.5) is 5.69 Å². The molecule has 0 aliphatic rings. The van der Waals surface area contributed by atoms with Crippen LogP contribution in [-0.2, 0) is 9.59 Å². The maximum absolute atomic E-state index is 12.3. The van der Waals surface area contributed by atoms with Crippen molar-refractivity contribution in [3.8, 4) is 6.07 Å². The van der Waals surface area contributed by atoms with E-state index in [0.717, 1.165) is 10.6 Å². The first-order chi connectivity index (χ1) is 12.1. The van der Waals surface area contributed by atoms with Crippen LogP contribution in [-0.4, -0.2) is 47.6 Å². The molecule has 0 heterocycles. The summed E-state index contributed by atoms with van der Waals surface area (Å²) in [5.41, 5.74) is 0.427. The number of likely N-dealkylation sites (N-methyl/N-ethyl adjacent to an activating group) is 1. The lowest BCUT2D eigenvalue weighted by Crippen LogP contribution is -2.46. The minimum absolute atomic E-state index is 0.115. The van der Waals surface area contributed by atoms with Gasteiger partial charge in [-0.15, -0.1) is 11.8 Å². The molecule has 0 aromatic heterocycles. The molecule has 0 unspecified atom stereocenters. The molecule has 0 radical (unpaired) electrons. The van der Waals surface area contributed by atoms with Gasteiger partial charge in [0.1, 0.15) is 0 Å². The number of nitrogens with one attached hydrogen (secondary N) is 2. The number of nitriles is 1. The van der Waals surface area contributed by atoms with Gasteiger partial charge >= 0.3 is 0 Å². The van der Waals surface area contributed by atoms with Crippen molar-refractivity contribution in [1.82, 2.24) is 10.2 Å². The molecule has 2 N–H and O–H groups in total. The molecule has 1 aromatic rings. The van der Waals surface area contributed by atoms with Gasteiger partial charge in [-0.3, -0.25) is 14.5 Å². The van der Waals surface area contributed by atoms with Crippen LogP contribution < -0.4 is 10.6 Å². The highest BCUT2D eigenvalue weighted by Gasteiger charge is 2.17. The molecule has 1 rings (SSSR count). The summed E-state index contributed by atoms with van der Waals surface area (Å²) in [6.07, 6.45) is 0.443. The molecule has 0 spiro atoms. The van der Waals surface area contributed by atoms with E-state index in [1.165, 1.54) is 0 Å². The molecule has 6 nitrogen and oxygen atoms in total. The Bertz CT molecular complexity index is 664. The maximum Gasteiger partial charge on any atom is 0.238 e. The molecule has 1 aromatic carbocycles. The van der Waals surface area contributed by atoms with Crippen LogP contribution in [0.1, 0.15) is 34.1 Å². The number of benzene rings is 1. The SMILES string of the molecule is C[C@@H](CC#N)Sc1ccccc1NC(=O)CN(C)CC(=O)NC(C)(C)C. The van der Waals surface area contributed by atoms with Gasteiger partial charge < -0.3 is 10.6 Å². The van der Waals surface area contributed by atoms with Crippen LogP contribution in [0.15, 0.2) is 29.2 Å². The average molecular weight is 377 g/mol. The van der Waals surface area contributed by atoms with Crippen molar-refractivity contribution in [3.05, 3.63) is 24.3 Å². The van der Waals surface area contributed by atoms with E-state index in [-0.39, 0.29) is 35.7 Å². The fraction of sp³-hybridized carbons (Fsp3) is 0.526. The fourth-order valence-electron chi connectivity index (χ4n) is 2.25. The van der Waals surface area contributed by atoms with Crippen molar-refractivity contribution in [1.29, 1.82) is 5.26 Å². The molecule has 26 heavy (non-hydrogen) atoms. The number of hydrogen-bond acceptors (Lipinski definition) is 5. The predicted molar refractivity (Wildman–Crippen MR) is 106 cm³/mol. The molecular weight excluding hydrogens is 348 g/mol. The van der Waals surface area contributed by atoms with Gasteiger partial charge in [0, 0.05) is 22.1 Å². The quantitative estimate of drug-likeness (QED) is 0.682. The number of carbonyl (C=O) groups excluding carboxylic acids is 2. The van der Waals surface area contributed by atoms with Crippen LogP contribution in [0.25, 0.3) is 0 Å². The summed E-state index contributed by atoms with van der Waals surface area (Å²) in [6, 6.07) is 9.68. The maximum atomic E-state index is 12.3. The Morgan fingerprint density at radius 2 is 1.85 bits per heavy atom. The van der Waals surface area contributed by atoms with Gasteiger partial charge in [-0.2, -0.15) is 5.26 Å². The number of thioether (sulfide) groups is 1. The molecule has 0 saturated carbocycles. The van der Waals surface area contributed by atoms with E-state index in [2.05, 4.69) is 16.7 Å². The zero-order valence-corrected chi connectivity index (χ0v) is 16.9. The molecule has 142 valence electrons. The van der Waals surface area contributed by atoms with E-state index in [0.29, 0.717) is 6.42 Å². The minimum atomic E-state index is -0.295. The van der Waals surface area contributed by atoms with Crippen LogP contribution in [0, 0.1) is 11.3 Å². The molecule has 2 amide bonds. The van der Waals surface area contributed by atoms with E-state index >= 15 is 0 Å². The van der Waals surface area contributed by atoms with Crippen molar-refractivity contribution in [2.45, 2.75) is 49.8 Å². The largest absolute Gasteiger partial charge is 0.350 e. The molecule has 0 saturated heterocycles. The predicted octanol–water partition coefficient (Wildman–Crippen LogP) is 2.87. The Morgan fingerprint density at radius 1 is 1.23 bits per heavy atom. The highest BCUT2D eigenvalue weighted by atomic mass is 32.2. The lowest BCUT2D eigenvalue weighted by molar-refractivity contribution is -0.124. The number of hydrogen-bond donors (Lipinski definition) is 2. The van der Waals surface area contributed by atoms with E-state index < -0.39 is 0 Å². The van der Waals surface area contributed by atoms with Crippen molar-refractivity contribution in [2.24, 2.45) is 0 Å². The van der Waals surface area contributed by atoms with Crippen molar-refractivity contribution < 1.29 is 9.59 Å². The highest BCUT2D eigenvalue weighted by Crippen LogP contribution is 2.31. The average Bonchev–Trinajstić information content (AvgIpc) is 2.47. The summed E-state index contributed by atoms with van der Waals surface area (Å²) in [4.78, 5) is 26.8. The van der Waals surface area contributed by atoms with E-state index in [9.17, 15) is 9.59 Å². The van der Waals surface area contributed by atoms with Crippen molar-refractivity contribution >= 4 is 29.3 Å². The zero-order valence-electron chi connectivity index (χ0n) is 16.1. The first-order valence-electron chi connectivity index (χ1n) is 8.52. The second-order valence-electron chi connectivity index (χ2n) is 7.31. The third-order valence-electron chi connectivity index (χ3n) is 3.21. The van der Waals surface area contributed by atoms with E-state index in [1.807, 2.05) is 52.0 Å². The molecule has 0 bridgehead atoms. The van der Waals surface area contributed by atoms with Gasteiger partial charge in [0.25, 0.3) is 0 Å². The topological polar surface area (TPSA) is 85.2 Å².